The molecule has 2 heterocycles. The van der Waals surface area contributed by atoms with Gasteiger partial charge in [-0.05, 0) is 29.7 Å². The summed E-state index contributed by atoms with van der Waals surface area (Å²) in [6.07, 6.45) is 3.76. The average molecular weight is 310 g/mol. The Kier molecular flexibility index (Phi) is 3.50. The second kappa shape index (κ2) is 5.30. The topological polar surface area (TPSA) is 47.8 Å². The van der Waals surface area contributed by atoms with Gasteiger partial charge in [-0.1, -0.05) is 11.6 Å². The van der Waals surface area contributed by atoms with Crippen molar-refractivity contribution in [1.29, 1.82) is 0 Å². The first-order chi connectivity index (χ1) is 9.65. The molecule has 0 spiro atoms. The van der Waals surface area contributed by atoms with Crippen molar-refractivity contribution in [2.75, 3.05) is 0 Å². The quantitative estimate of drug-likeness (QED) is 0.747. The summed E-state index contributed by atoms with van der Waals surface area (Å²) in [4.78, 5) is 17.4. The first kappa shape index (κ1) is 13.2. The highest BCUT2D eigenvalue weighted by atomic mass is 35.5. The van der Waals surface area contributed by atoms with Gasteiger partial charge in [-0.25, -0.2) is 13.7 Å². The third kappa shape index (κ3) is 2.44. The number of hydrogen-bond donors (Lipinski definition) is 0. The van der Waals surface area contributed by atoms with Crippen LogP contribution in [0.3, 0.4) is 0 Å². The normalized spacial score (nSPS) is 11.1. The van der Waals surface area contributed by atoms with Crippen LogP contribution in [0.1, 0.15) is 4.88 Å². The molecule has 0 bridgehead atoms. The largest absolute Gasteiger partial charge is 0.298 e. The van der Waals surface area contributed by atoms with Gasteiger partial charge in [0.05, 0.1) is 11.7 Å². The molecule has 0 amide bonds. The summed E-state index contributed by atoms with van der Waals surface area (Å²) in [6, 6.07) is 4.50. The van der Waals surface area contributed by atoms with E-state index in [0.717, 1.165) is 10.9 Å². The summed E-state index contributed by atoms with van der Waals surface area (Å²) >= 11 is 7.17. The predicted molar refractivity (Wildman–Crippen MR) is 76.8 cm³/mol. The van der Waals surface area contributed by atoms with Gasteiger partial charge in [0, 0.05) is 29.1 Å². The number of halogens is 2. The van der Waals surface area contributed by atoms with Crippen LogP contribution in [0.4, 0.5) is 4.39 Å². The molecule has 102 valence electrons. The molecule has 0 aliphatic heterocycles. The molecule has 0 N–H and O–H groups in total. The molecule has 0 aliphatic rings. The lowest BCUT2D eigenvalue weighted by Crippen LogP contribution is -2.21. The zero-order chi connectivity index (χ0) is 14.1. The van der Waals surface area contributed by atoms with E-state index in [1.54, 1.807) is 6.20 Å². The van der Waals surface area contributed by atoms with Crippen LogP contribution in [0.15, 0.2) is 35.5 Å². The van der Waals surface area contributed by atoms with Gasteiger partial charge in [0.1, 0.15) is 5.52 Å². The summed E-state index contributed by atoms with van der Waals surface area (Å²) in [5, 5.41) is 0.385. The van der Waals surface area contributed by atoms with Crippen molar-refractivity contribution in [3.05, 3.63) is 56.8 Å². The number of rotatable bonds is 3. The number of benzene rings is 1. The summed E-state index contributed by atoms with van der Waals surface area (Å²) in [6.45, 7) is 0.470. The highest BCUT2D eigenvalue weighted by molar-refractivity contribution is 7.05. The van der Waals surface area contributed by atoms with Crippen LogP contribution >= 0.6 is 23.1 Å². The van der Waals surface area contributed by atoms with Crippen LogP contribution in [0, 0.1) is 5.82 Å². The summed E-state index contributed by atoms with van der Waals surface area (Å²) in [7, 11) is 0. The molecule has 0 unspecified atom stereocenters. The Bertz CT molecular complexity index is 816. The number of nitrogens with zero attached hydrogens (tertiary/aromatic N) is 3. The van der Waals surface area contributed by atoms with Crippen molar-refractivity contribution in [2.45, 2.75) is 13.0 Å². The lowest BCUT2D eigenvalue weighted by Gasteiger charge is -2.06. The second-order valence-electron chi connectivity index (χ2n) is 4.26. The molecule has 0 saturated heterocycles. The molecule has 3 rings (SSSR count). The Morgan fingerprint density at radius 1 is 1.40 bits per heavy atom. The maximum absolute atomic E-state index is 13.7. The molecular formula is C13H9ClFN3OS. The molecule has 7 heteroatoms. The van der Waals surface area contributed by atoms with E-state index in [9.17, 15) is 9.18 Å². The minimum Gasteiger partial charge on any atom is -0.298 e. The van der Waals surface area contributed by atoms with Crippen molar-refractivity contribution in [3.63, 3.8) is 0 Å². The zero-order valence-corrected chi connectivity index (χ0v) is 11.8. The van der Waals surface area contributed by atoms with E-state index in [0.29, 0.717) is 13.0 Å². The van der Waals surface area contributed by atoms with Crippen molar-refractivity contribution in [2.24, 2.45) is 0 Å². The molecule has 2 aromatic heterocycles. The molecule has 0 aliphatic carbocycles. The van der Waals surface area contributed by atoms with Gasteiger partial charge >= 0.3 is 0 Å². The van der Waals surface area contributed by atoms with Gasteiger partial charge in [-0.15, -0.1) is 0 Å². The predicted octanol–water partition coefficient (Wildman–Crippen LogP) is 2.89. The number of fused-ring (bicyclic) bond motifs is 1. The van der Waals surface area contributed by atoms with Crippen molar-refractivity contribution in [3.8, 4) is 0 Å². The van der Waals surface area contributed by atoms with Crippen molar-refractivity contribution < 1.29 is 4.39 Å². The summed E-state index contributed by atoms with van der Waals surface area (Å²) < 4.78 is 19.1. The molecule has 1 aromatic carbocycles. The fraction of sp³-hybridized carbons (Fsp3) is 0.154. The zero-order valence-electron chi connectivity index (χ0n) is 10.2. The minimum atomic E-state index is -0.584. The van der Waals surface area contributed by atoms with E-state index in [4.69, 9.17) is 11.6 Å². The van der Waals surface area contributed by atoms with E-state index in [1.807, 2.05) is 6.07 Å². The van der Waals surface area contributed by atoms with Gasteiger partial charge < -0.3 is 0 Å². The Morgan fingerprint density at radius 3 is 3.00 bits per heavy atom. The monoisotopic (exact) mass is 309 g/mol. The van der Waals surface area contributed by atoms with Gasteiger partial charge in [-0.2, -0.15) is 0 Å². The molecule has 0 radical (unpaired) electrons. The fourth-order valence-corrected chi connectivity index (χ4v) is 2.72. The maximum Gasteiger partial charge on any atom is 0.261 e. The molecule has 4 nitrogen and oxygen atoms in total. The van der Waals surface area contributed by atoms with Crippen LogP contribution in [0.2, 0.25) is 5.02 Å². The fourth-order valence-electron chi connectivity index (χ4n) is 1.96. The number of aromatic nitrogens is 3. The lowest BCUT2D eigenvalue weighted by atomic mass is 10.2. The molecule has 0 fully saturated rings. The molecule has 0 saturated carbocycles. The summed E-state index contributed by atoms with van der Waals surface area (Å²) in [5.41, 5.74) is -0.241. The van der Waals surface area contributed by atoms with Crippen LogP contribution in [0.5, 0.6) is 0 Å². The van der Waals surface area contributed by atoms with E-state index in [-0.39, 0.29) is 21.5 Å². The Hall–Kier alpha value is -1.79. The van der Waals surface area contributed by atoms with Crippen LogP contribution in [0.25, 0.3) is 10.9 Å². The molecule has 3 aromatic rings. The van der Waals surface area contributed by atoms with Gasteiger partial charge in [-0.3, -0.25) is 9.36 Å². The standard InChI is InChI=1S/C13H9ClFN3OS/c14-8-5-10-12(11(15)6-8)16-7-18(13(10)19)4-2-9-1-3-17-20-9/h1,3,5-7H,2,4H2. The Balaban J connectivity index is 2.00. The highest BCUT2D eigenvalue weighted by Gasteiger charge is 2.10. The van der Waals surface area contributed by atoms with Crippen molar-refractivity contribution in [1.82, 2.24) is 13.9 Å². The first-order valence-corrected chi connectivity index (χ1v) is 7.04. The highest BCUT2D eigenvalue weighted by Crippen LogP contribution is 2.18. The SMILES string of the molecule is O=c1c2cc(Cl)cc(F)c2ncn1CCc1ccns1. The lowest BCUT2D eigenvalue weighted by molar-refractivity contribution is 0.630. The Labute approximate surface area is 122 Å². The first-order valence-electron chi connectivity index (χ1n) is 5.89. The third-order valence-corrected chi connectivity index (χ3v) is 3.96. The van der Waals surface area contributed by atoms with Gasteiger partial charge in [0.15, 0.2) is 5.82 Å². The molecule has 0 atom stereocenters. The molecule has 20 heavy (non-hydrogen) atoms. The van der Waals surface area contributed by atoms with E-state index in [2.05, 4.69) is 9.36 Å². The van der Waals surface area contributed by atoms with E-state index in [1.165, 1.54) is 28.5 Å². The summed E-state index contributed by atoms with van der Waals surface area (Å²) in [5.74, 6) is -0.584. The van der Waals surface area contributed by atoms with E-state index >= 15 is 0 Å². The second-order valence-corrected chi connectivity index (χ2v) is 5.61. The van der Waals surface area contributed by atoms with Crippen LogP contribution < -0.4 is 5.56 Å². The van der Waals surface area contributed by atoms with E-state index < -0.39 is 5.82 Å². The van der Waals surface area contributed by atoms with Crippen LogP contribution in [-0.2, 0) is 13.0 Å². The smallest absolute Gasteiger partial charge is 0.261 e. The Morgan fingerprint density at radius 2 is 2.25 bits per heavy atom. The third-order valence-electron chi connectivity index (χ3n) is 2.94. The van der Waals surface area contributed by atoms with Gasteiger partial charge in [0.2, 0.25) is 0 Å². The molecular weight excluding hydrogens is 301 g/mol. The number of aryl methyl sites for hydroxylation is 2. The van der Waals surface area contributed by atoms with Gasteiger partial charge in [0.25, 0.3) is 5.56 Å². The number of hydrogen-bond acceptors (Lipinski definition) is 4. The van der Waals surface area contributed by atoms with Crippen molar-refractivity contribution >= 4 is 34.0 Å². The average Bonchev–Trinajstić information content (AvgIpc) is 2.92. The maximum atomic E-state index is 13.7. The minimum absolute atomic E-state index is 0.0495. The van der Waals surface area contributed by atoms with Crippen LogP contribution in [-0.4, -0.2) is 13.9 Å².